The van der Waals surface area contributed by atoms with Gasteiger partial charge in [0, 0.05) is 22.6 Å². The smallest absolute Gasteiger partial charge is 0.0897 e. The molecule has 2 N–H and O–H groups in total. The highest BCUT2D eigenvalue weighted by molar-refractivity contribution is 7.11. The number of aromatic nitrogens is 1. The molecule has 0 radical (unpaired) electrons. The number of aliphatic hydroxyl groups excluding tert-OH is 1. The van der Waals surface area contributed by atoms with Gasteiger partial charge in [-0.3, -0.25) is 0 Å². The van der Waals surface area contributed by atoms with E-state index in [0.717, 1.165) is 10.6 Å². The third-order valence-electron chi connectivity index (χ3n) is 2.65. The van der Waals surface area contributed by atoms with Crippen LogP contribution >= 0.6 is 22.9 Å². The van der Waals surface area contributed by atoms with Gasteiger partial charge in [-0.15, -0.1) is 11.3 Å². The topological polar surface area (TPSA) is 45.2 Å². The van der Waals surface area contributed by atoms with Crippen molar-refractivity contribution in [2.75, 3.05) is 6.61 Å². The predicted molar refractivity (Wildman–Crippen MR) is 75.0 cm³/mol. The molecule has 0 fully saturated rings. The molecule has 0 bridgehead atoms. The first kappa shape index (κ1) is 13.5. The first-order chi connectivity index (χ1) is 8.69. The zero-order valence-corrected chi connectivity index (χ0v) is 11.6. The number of rotatable bonds is 5. The van der Waals surface area contributed by atoms with Gasteiger partial charge >= 0.3 is 0 Å². The molecule has 0 saturated carbocycles. The summed E-state index contributed by atoms with van der Waals surface area (Å²) in [4.78, 5) is 5.37. The van der Waals surface area contributed by atoms with Crippen LogP contribution in [0.1, 0.15) is 21.5 Å². The first-order valence-corrected chi connectivity index (χ1v) is 6.89. The minimum atomic E-state index is -0.0790. The lowest BCUT2D eigenvalue weighted by molar-refractivity contribution is 0.244. The number of hydrogen-bond donors (Lipinski definition) is 2. The average Bonchev–Trinajstić information content (AvgIpc) is 2.78. The predicted octanol–water partition coefficient (Wildman–Crippen LogP) is 2.93. The van der Waals surface area contributed by atoms with Crippen LogP contribution in [0.5, 0.6) is 0 Å². The molecule has 0 aliphatic rings. The van der Waals surface area contributed by atoms with Crippen molar-refractivity contribution < 1.29 is 5.11 Å². The molecule has 1 atom stereocenters. The fourth-order valence-corrected chi connectivity index (χ4v) is 2.57. The van der Waals surface area contributed by atoms with Crippen LogP contribution in [0, 0.1) is 6.92 Å². The molecule has 1 unspecified atom stereocenters. The minimum absolute atomic E-state index is 0.0550. The monoisotopic (exact) mass is 282 g/mol. The number of nitrogens with zero attached hydrogens (tertiary/aromatic N) is 1. The van der Waals surface area contributed by atoms with Gasteiger partial charge in [0.15, 0.2) is 0 Å². The lowest BCUT2D eigenvalue weighted by Gasteiger charge is -2.16. The lowest BCUT2D eigenvalue weighted by atomic mass is 10.1. The molecule has 0 aliphatic heterocycles. The van der Waals surface area contributed by atoms with E-state index in [0.29, 0.717) is 11.6 Å². The Balaban J connectivity index is 1.99. The summed E-state index contributed by atoms with van der Waals surface area (Å²) in [5.74, 6) is 0. The fourth-order valence-electron chi connectivity index (χ4n) is 1.69. The van der Waals surface area contributed by atoms with E-state index in [1.807, 2.05) is 37.4 Å². The van der Waals surface area contributed by atoms with Crippen LogP contribution in [0.15, 0.2) is 30.5 Å². The molecule has 1 aromatic carbocycles. The summed E-state index contributed by atoms with van der Waals surface area (Å²) < 4.78 is 0. The summed E-state index contributed by atoms with van der Waals surface area (Å²) >= 11 is 7.51. The Kier molecular flexibility index (Phi) is 4.72. The van der Waals surface area contributed by atoms with Crippen LogP contribution < -0.4 is 5.32 Å². The highest BCUT2D eigenvalue weighted by Gasteiger charge is 2.10. The van der Waals surface area contributed by atoms with E-state index < -0.39 is 0 Å². The fraction of sp³-hybridized carbons (Fsp3) is 0.308. The Bertz CT molecular complexity index is 498. The van der Waals surface area contributed by atoms with Crippen molar-refractivity contribution in [2.45, 2.75) is 19.5 Å². The van der Waals surface area contributed by atoms with Crippen LogP contribution in [0.2, 0.25) is 5.02 Å². The van der Waals surface area contributed by atoms with Crippen molar-refractivity contribution in [1.82, 2.24) is 10.3 Å². The minimum Gasteiger partial charge on any atom is -0.394 e. The van der Waals surface area contributed by atoms with Gasteiger partial charge in [-0.25, -0.2) is 4.98 Å². The normalized spacial score (nSPS) is 12.6. The van der Waals surface area contributed by atoms with Crippen molar-refractivity contribution in [1.29, 1.82) is 0 Å². The van der Waals surface area contributed by atoms with Crippen LogP contribution in [-0.2, 0) is 6.54 Å². The van der Waals surface area contributed by atoms with E-state index in [4.69, 9.17) is 11.6 Å². The van der Waals surface area contributed by atoms with E-state index in [9.17, 15) is 5.11 Å². The molecule has 2 aromatic rings. The van der Waals surface area contributed by atoms with Crippen LogP contribution in [0.4, 0.5) is 0 Å². The first-order valence-electron chi connectivity index (χ1n) is 5.70. The maximum absolute atomic E-state index is 9.42. The third-order valence-corrected chi connectivity index (χ3v) is 3.81. The summed E-state index contributed by atoms with van der Waals surface area (Å²) in [6, 6.07) is 7.43. The molecule has 0 amide bonds. The third kappa shape index (κ3) is 3.53. The Hall–Kier alpha value is -0.940. The van der Waals surface area contributed by atoms with Crippen LogP contribution in [0.25, 0.3) is 0 Å². The molecule has 18 heavy (non-hydrogen) atoms. The number of halogens is 1. The van der Waals surface area contributed by atoms with Gasteiger partial charge in [-0.05, 0) is 24.6 Å². The largest absolute Gasteiger partial charge is 0.394 e. The summed E-state index contributed by atoms with van der Waals surface area (Å²) in [6.45, 7) is 2.75. The quantitative estimate of drug-likeness (QED) is 0.886. The van der Waals surface area contributed by atoms with E-state index in [1.165, 1.54) is 4.88 Å². The van der Waals surface area contributed by atoms with Crippen molar-refractivity contribution >= 4 is 22.9 Å². The van der Waals surface area contributed by atoms with Crippen LogP contribution in [0.3, 0.4) is 0 Å². The van der Waals surface area contributed by atoms with E-state index in [-0.39, 0.29) is 12.6 Å². The second-order valence-corrected chi connectivity index (χ2v) is 5.77. The molecule has 0 saturated heterocycles. The molecule has 0 spiro atoms. The second kappa shape index (κ2) is 6.29. The number of hydrogen-bond acceptors (Lipinski definition) is 4. The Morgan fingerprint density at radius 1 is 1.39 bits per heavy atom. The Morgan fingerprint density at radius 2 is 2.11 bits per heavy atom. The standard InChI is InChI=1S/C13H15ClN2OS/c1-9-15-6-12(18-9)7-16-13(8-17)10-2-4-11(14)5-3-10/h2-6,13,16-17H,7-8H2,1H3. The number of aliphatic hydroxyl groups is 1. The summed E-state index contributed by atoms with van der Waals surface area (Å²) in [6.07, 6.45) is 1.86. The van der Waals surface area contributed by atoms with Gasteiger partial charge in [-0.1, -0.05) is 23.7 Å². The number of aryl methyl sites for hydroxylation is 1. The van der Waals surface area contributed by atoms with Crippen molar-refractivity contribution in [3.8, 4) is 0 Å². The molecule has 1 aromatic heterocycles. The highest BCUT2D eigenvalue weighted by Crippen LogP contribution is 2.18. The van der Waals surface area contributed by atoms with E-state index >= 15 is 0 Å². The maximum atomic E-state index is 9.42. The summed E-state index contributed by atoms with van der Waals surface area (Å²) in [5.41, 5.74) is 1.03. The van der Waals surface area contributed by atoms with Crippen molar-refractivity contribution in [3.05, 3.63) is 50.9 Å². The van der Waals surface area contributed by atoms with Gasteiger partial charge in [0.2, 0.25) is 0 Å². The van der Waals surface area contributed by atoms with Crippen molar-refractivity contribution in [2.24, 2.45) is 0 Å². The molecular weight excluding hydrogens is 268 g/mol. The lowest BCUT2D eigenvalue weighted by Crippen LogP contribution is -2.23. The van der Waals surface area contributed by atoms with Gasteiger partial charge < -0.3 is 10.4 Å². The zero-order valence-electron chi connectivity index (χ0n) is 10.1. The summed E-state index contributed by atoms with van der Waals surface area (Å²) in [7, 11) is 0. The Labute approximate surface area is 115 Å². The van der Waals surface area contributed by atoms with E-state index in [2.05, 4.69) is 10.3 Å². The van der Waals surface area contributed by atoms with Gasteiger partial charge in [-0.2, -0.15) is 0 Å². The molecule has 96 valence electrons. The molecule has 3 nitrogen and oxygen atoms in total. The average molecular weight is 283 g/mol. The molecule has 5 heteroatoms. The molecule has 2 rings (SSSR count). The zero-order chi connectivity index (χ0) is 13.0. The van der Waals surface area contributed by atoms with Gasteiger partial charge in [0.25, 0.3) is 0 Å². The number of thiazole rings is 1. The summed E-state index contributed by atoms with van der Waals surface area (Å²) in [5, 5.41) is 14.5. The molecule has 1 heterocycles. The van der Waals surface area contributed by atoms with E-state index in [1.54, 1.807) is 11.3 Å². The van der Waals surface area contributed by atoms with Crippen LogP contribution in [-0.4, -0.2) is 16.7 Å². The molecule has 0 aliphatic carbocycles. The maximum Gasteiger partial charge on any atom is 0.0897 e. The number of benzene rings is 1. The van der Waals surface area contributed by atoms with Gasteiger partial charge in [0.05, 0.1) is 17.7 Å². The van der Waals surface area contributed by atoms with Crippen molar-refractivity contribution in [3.63, 3.8) is 0 Å². The SMILES string of the molecule is Cc1ncc(CNC(CO)c2ccc(Cl)cc2)s1. The van der Waals surface area contributed by atoms with Gasteiger partial charge in [0.1, 0.15) is 0 Å². The highest BCUT2D eigenvalue weighted by atomic mass is 35.5. The number of nitrogens with one attached hydrogen (secondary N) is 1. The molecular formula is C13H15ClN2OS. The Morgan fingerprint density at radius 3 is 2.67 bits per heavy atom. The second-order valence-electron chi connectivity index (χ2n) is 4.01.